The van der Waals surface area contributed by atoms with Gasteiger partial charge in [0.15, 0.2) is 0 Å². The van der Waals surface area contributed by atoms with Gasteiger partial charge >= 0.3 is 0 Å². The molecule has 0 heterocycles. The number of aliphatic hydroxyl groups excluding tert-OH is 1. The molecule has 0 aliphatic carbocycles. The van der Waals surface area contributed by atoms with Crippen molar-refractivity contribution in [1.29, 1.82) is 0 Å². The van der Waals surface area contributed by atoms with E-state index < -0.39 is 0 Å². The van der Waals surface area contributed by atoms with Crippen LogP contribution in [0.4, 0.5) is 0 Å². The maximum Gasteiger partial charge on any atom is 0.251 e. The van der Waals surface area contributed by atoms with Crippen LogP contribution in [0.2, 0.25) is 0 Å². The zero-order valence-corrected chi connectivity index (χ0v) is 13.5. The predicted molar refractivity (Wildman–Crippen MR) is 92.0 cm³/mol. The molecule has 1 amide bonds. The number of rotatable bonds is 7. The SMILES string of the molecule is CSCc1ccc(C(=O)NC(CCO)c2ccccc2)cc1. The summed E-state index contributed by atoms with van der Waals surface area (Å²) in [6.07, 6.45) is 2.56. The molecule has 0 fully saturated rings. The lowest BCUT2D eigenvalue weighted by atomic mass is 10.0. The van der Waals surface area contributed by atoms with Gasteiger partial charge in [0.05, 0.1) is 6.04 Å². The quantitative estimate of drug-likeness (QED) is 0.823. The minimum Gasteiger partial charge on any atom is -0.396 e. The van der Waals surface area contributed by atoms with Gasteiger partial charge in [0, 0.05) is 17.9 Å². The van der Waals surface area contributed by atoms with E-state index in [0.29, 0.717) is 12.0 Å². The van der Waals surface area contributed by atoms with Crippen molar-refractivity contribution >= 4 is 17.7 Å². The van der Waals surface area contributed by atoms with Crippen LogP contribution >= 0.6 is 11.8 Å². The van der Waals surface area contributed by atoms with Gasteiger partial charge in [0.1, 0.15) is 0 Å². The van der Waals surface area contributed by atoms with Gasteiger partial charge in [-0.2, -0.15) is 11.8 Å². The van der Waals surface area contributed by atoms with Crippen LogP contribution in [0.25, 0.3) is 0 Å². The van der Waals surface area contributed by atoms with Crippen LogP contribution in [0.15, 0.2) is 54.6 Å². The lowest BCUT2D eigenvalue weighted by molar-refractivity contribution is 0.0930. The van der Waals surface area contributed by atoms with Crippen molar-refractivity contribution in [3.63, 3.8) is 0 Å². The second kappa shape index (κ2) is 8.61. The van der Waals surface area contributed by atoms with E-state index >= 15 is 0 Å². The van der Waals surface area contributed by atoms with Gasteiger partial charge in [-0.15, -0.1) is 0 Å². The van der Waals surface area contributed by atoms with E-state index in [9.17, 15) is 9.90 Å². The third-order valence-corrected chi connectivity index (χ3v) is 4.07. The molecule has 0 saturated heterocycles. The van der Waals surface area contributed by atoms with Crippen LogP contribution in [0.3, 0.4) is 0 Å². The lowest BCUT2D eigenvalue weighted by Gasteiger charge is -2.18. The minimum absolute atomic E-state index is 0.0342. The molecule has 22 heavy (non-hydrogen) atoms. The number of amides is 1. The molecule has 1 unspecified atom stereocenters. The molecule has 0 saturated carbocycles. The molecule has 0 aromatic heterocycles. The van der Waals surface area contributed by atoms with Crippen molar-refractivity contribution in [3.05, 3.63) is 71.3 Å². The van der Waals surface area contributed by atoms with E-state index in [1.807, 2.05) is 54.6 Å². The number of thioether (sulfide) groups is 1. The summed E-state index contributed by atoms with van der Waals surface area (Å²) in [4.78, 5) is 12.4. The van der Waals surface area contributed by atoms with Gasteiger partial charge < -0.3 is 10.4 Å². The molecule has 2 rings (SSSR count). The molecule has 1 atom stereocenters. The Balaban J connectivity index is 2.07. The van der Waals surface area contributed by atoms with Crippen molar-refractivity contribution in [1.82, 2.24) is 5.32 Å². The Bertz CT molecular complexity index is 584. The maximum atomic E-state index is 12.4. The Hall–Kier alpha value is -1.78. The first kappa shape index (κ1) is 16.6. The molecule has 0 radical (unpaired) electrons. The third kappa shape index (κ3) is 4.61. The topological polar surface area (TPSA) is 49.3 Å². The van der Waals surface area contributed by atoms with E-state index in [2.05, 4.69) is 11.6 Å². The average molecular weight is 315 g/mol. The largest absolute Gasteiger partial charge is 0.396 e. The summed E-state index contributed by atoms with van der Waals surface area (Å²) in [5.74, 6) is 0.831. The third-order valence-electron chi connectivity index (χ3n) is 3.45. The fourth-order valence-corrected chi connectivity index (χ4v) is 2.82. The zero-order valence-electron chi connectivity index (χ0n) is 12.7. The van der Waals surface area contributed by atoms with Gasteiger partial charge in [-0.1, -0.05) is 42.5 Å². The van der Waals surface area contributed by atoms with Gasteiger partial charge in [-0.3, -0.25) is 4.79 Å². The fraction of sp³-hybridized carbons (Fsp3) is 0.278. The van der Waals surface area contributed by atoms with Crippen molar-refractivity contribution in [2.45, 2.75) is 18.2 Å². The first-order valence-corrected chi connectivity index (χ1v) is 8.68. The number of aliphatic hydroxyl groups is 1. The molecular formula is C18H21NO2S. The summed E-state index contributed by atoms with van der Waals surface area (Å²) >= 11 is 1.76. The Kier molecular flexibility index (Phi) is 6.49. The molecule has 2 aromatic rings. The first-order valence-electron chi connectivity index (χ1n) is 7.29. The van der Waals surface area contributed by atoms with E-state index in [4.69, 9.17) is 0 Å². The monoisotopic (exact) mass is 315 g/mol. The number of carbonyl (C=O) groups excluding carboxylic acids is 1. The highest BCUT2D eigenvalue weighted by Crippen LogP contribution is 2.17. The minimum atomic E-state index is -0.176. The van der Waals surface area contributed by atoms with E-state index in [1.54, 1.807) is 11.8 Å². The van der Waals surface area contributed by atoms with E-state index in [-0.39, 0.29) is 18.6 Å². The van der Waals surface area contributed by atoms with Crippen molar-refractivity contribution in [2.24, 2.45) is 0 Å². The number of carbonyl (C=O) groups is 1. The van der Waals surface area contributed by atoms with Crippen molar-refractivity contribution in [3.8, 4) is 0 Å². The first-order chi connectivity index (χ1) is 10.7. The summed E-state index contributed by atoms with van der Waals surface area (Å²) in [5, 5.41) is 12.2. The summed E-state index contributed by atoms with van der Waals surface area (Å²) in [6.45, 7) is 0.0342. The summed E-state index contributed by atoms with van der Waals surface area (Å²) < 4.78 is 0. The van der Waals surface area contributed by atoms with Crippen LogP contribution in [-0.4, -0.2) is 23.9 Å². The average Bonchev–Trinajstić information content (AvgIpc) is 2.56. The number of hydrogen-bond donors (Lipinski definition) is 2. The molecular weight excluding hydrogens is 294 g/mol. The second-order valence-corrected chi connectivity index (χ2v) is 5.94. The van der Waals surface area contributed by atoms with Crippen LogP contribution in [-0.2, 0) is 5.75 Å². The number of benzene rings is 2. The molecule has 0 aliphatic heterocycles. The highest BCUT2D eigenvalue weighted by molar-refractivity contribution is 7.97. The molecule has 2 N–H and O–H groups in total. The molecule has 2 aromatic carbocycles. The molecule has 4 heteroatoms. The maximum absolute atomic E-state index is 12.4. The van der Waals surface area contributed by atoms with E-state index in [0.717, 1.165) is 11.3 Å². The highest BCUT2D eigenvalue weighted by atomic mass is 32.2. The summed E-state index contributed by atoms with van der Waals surface area (Å²) in [5.41, 5.74) is 2.85. The van der Waals surface area contributed by atoms with Crippen molar-refractivity contribution in [2.75, 3.05) is 12.9 Å². The normalized spacial score (nSPS) is 11.9. The zero-order chi connectivity index (χ0) is 15.8. The second-order valence-electron chi connectivity index (χ2n) is 5.08. The molecule has 0 aliphatic rings. The van der Waals surface area contributed by atoms with Gasteiger partial charge in [0.2, 0.25) is 0 Å². The molecule has 3 nitrogen and oxygen atoms in total. The van der Waals surface area contributed by atoms with Crippen molar-refractivity contribution < 1.29 is 9.90 Å². The molecule has 0 bridgehead atoms. The Labute approximate surface area is 135 Å². The standard InChI is InChI=1S/C18H21NO2S/c1-22-13-14-7-9-16(10-8-14)18(21)19-17(11-12-20)15-5-3-2-4-6-15/h2-10,17,20H,11-13H2,1H3,(H,19,21). The van der Waals surface area contributed by atoms with Gasteiger partial charge in [-0.05, 0) is 35.9 Å². The van der Waals surface area contributed by atoms with Crippen LogP contribution in [0, 0.1) is 0 Å². The van der Waals surface area contributed by atoms with Gasteiger partial charge in [-0.25, -0.2) is 0 Å². The van der Waals surface area contributed by atoms with Gasteiger partial charge in [0.25, 0.3) is 5.91 Å². The number of nitrogens with one attached hydrogen (secondary N) is 1. The van der Waals surface area contributed by atoms with Crippen LogP contribution in [0.1, 0.15) is 33.9 Å². The predicted octanol–water partition coefficient (Wildman–Crippen LogP) is 3.40. The lowest BCUT2D eigenvalue weighted by Crippen LogP contribution is -2.29. The van der Waals surface area contributed by atoms with Crippen LogP contribution < -0.4 is 5.32 Å². The van der Waals surface area contributed by atoms with E-state index in [1.165, 1.54) is 5.56 Å². The highest BCUT2D eigenvalue weighted by Gasteiger charge is 2.15. The Morgan fingerprint density at radius 2 is 1.82 bits per heavy atom. The molecule has 116 valence electrons. The Morgan fingerprint density at radius 3 is 2.41 bits per heavy atom. The summed E-state index contributed by atoms with van der Waals surface area (Å²) in [7, 11) is 0. The summed E-state index contributed by atoms with van der Waals surface area (Å²) in [6, 6.07) is 17.2. The van der Waals surface area contributed by atoms with Crippen LogP contribution in [0.5, 0.6) is 0 Å². The molecule has 0 spiro atoms. The fourth-order valence-electron chi connectivity index (χ4n) is 2.30. The Morgan fingerprint density at radius 1 is 1.14 bits per heavy atom. The smallest absolute Gasteiger partial charge is 0.251 e. The number of hydrogen-bond acceptors (Lipinski definition) is 3.